The van der Waals surface area contributed by atoms with Crippen LogP contribution in [0, 0.1) is 0 Å². The Bertz CT molecular complexity index is 404. The van der Waals surface area contributed by atoms with E-state index in [2.05, 4.69) is 11.7 Å². The number of methoxy groups -OCH3 is 1. The zero-order valence-electron chi connectivity index (χ0n) is 10.0. The van der Waals surface area contributed by atoms with E-state index in [-0.39, 0.29) is 6.10 Å². The van der Waals surface area contributed by atoms with Crippen LogP contribution in [-0.4, -0.2) is 19.9 Å². The Balaban J connectivity index is 2.67. The molecule has 0 bridgehead atoms. The molecule has 0 aliphatic rings. The Morgan fingerprint density at radius 2 is 2.24 bits per heavy atom. The lowest BCUT2D eigenvalue weighted by Gasteiger charge is -2.15. The first-order valence-electron chi connectivity index (χ1n) is 5.28. The van der Waals surface area contributed by atoms with Crippen molar-refractivity contribution in [2.75, 3.05) is 7.11 Å². The number of rotatable bonds is 6. The highest BCUT2D eigenvalue weighted by Gasteiger charge is 2.08. The lowest BCUT2D eigenvalue weighted by molar-refractivity contribution is 0.214. The van der Waals surface area contributed by atoms with Gasteiger partial charge in [0.25, 0.3) is 0 Å². The zero-order chi connectivity index (χ0) is 12.7. The van der Waals surface area contributed by atoms with E-state index in [9.17, 15) is 0 Å². The smallest absolute Gasteiger partial charge is 0.162 e. The molecule has 1 rings (SSSR count). The summed E-state index contributed by atoms with van der Waals surface area (Å²) in [4.78, 5) is 3.63. The maximum absolute atomic E-state index is 5.87. The zero-order valence-corrected chi connectivity index (χ0v) is 10.8. The van der Waals surface area contributed by atoms with Crippen molar-refractivity contribution in [3.63, 3.8) is 0 Å². The number of ether oxygens (including phenoxy) is 2. The average molecular weight is 254 g/mol. The molecule has 1 aromatic carbocycles. The molecule has 1 atom stereocenters. The largest absolute Gasteiger partial charge is 0.493 e. The van der Waals surface area contributed by atoms with Gasteiger partial charge in [-0.1, -0.05) is 17.7 Å². The fraction of sp³-hybridized carbons (Fsp3) is 0.308. The highest BCUT2D eigenvalue weighted by Crippen LogP contribution is 2.31. The molecule has 0 spiro atoms. The van der Waals surface area contributed by atoms with Crippen LogP contribution in [0.3, 0.4) is 0 Å². The summed E-state index contributed by atoms with van der Waals surface area (Å²) in [7, 11) is 1.59. The summed E-state index contributed by atoms with van der Waals surface area (Å²) in [5, 5.41) is 0.623. The van der Waals surface area contributed by atoms with E-state index in [1.54, 1.807) is 31.5 Å². The van der Waals surface area contributed by atoms with Crippen LogP contribution < -0.4 is 9.47 Å². The van der Waals surface area contributed by atoms with Crippen molar-refractivity contribution in [1.29, 1.82) is 0 Å². The second kappa shape index (κ2) is 6.97. The van der Waals surface area contributed by atoms with E-state index in [0.29, 0.717) is 16.5 Å². The molecule has 4 heteroatoms. The monoisotopic (exact) mass is 253 g/mol. The Morgan fingerprint density at radius 1 is 1.47 bits per heavy atom. The SMILES string of the molecule is C=N/C=C\CC(C)Oc1ccc(Cl)cc1OC. The van der Waals surface area contributed by atoms with Gasteiger partial charge in [0, 0.05) is 23.7 Å². The first-order valence-corrected chi connectivity index (χ1v) is 5.66. The summed E-state index contributed by atoms with van der Waals surface area (Å²) in [5.74, 6) is 1.32. The highest BCUT2D eigenvalue weighted by atomic mass is 35.5. The molecule has 0 fully saturated rings. The predicted octanol–water partition coefficient (Wildman–Crippen LogP) is 3.72. The number of halogens is 1. The molecule has 0 heterocycles. The summed E-state index contributed by atoms with van der Waals surface area (Å²) < 4.78 is 10.9. The van der Waals surface area contributed by atoms with E-state index < -0.39 is 0 Å². The molecular formula is C13H16ClNO2. The first kappa shape index (κ1) is 13.6. The number of nitrogens with zero attached hydrogens (tertiary/aromatic N) is 1. The van der Waals surface area contributed by atoms with Crippen molar-refractivity contribution >= 4 is 18.3 Å². The fourth-order valence-electron chi connectivity index (χ4n) is 1.33. The van der Waals surface area contributed by atoms with Gasteiger partial charge in [0.1, 0.15) is 0 Å². The van der Waals surface area contributed by atoms with Crippen LogP contribution in [0.2, 0.25) is 5.02 Å². The average Bonchev–Trinajstić information content (AvgIpc) is 2.32. The molecule has 0 aromatic heterocycles. The van der Waals surface area contributed by atoms with E-state index in [4.69, 9.17) is 21.1 Å². The van der Waals surface area contributed by atoms with E-state index in [1.165, 1.54) is 0 Å². The molecule has 1 aromatic rings. The Labute approximate surface area is 107 Å². The fourth-order valence-corrected chi connectivity index (χ4v) is 1.49. The van der Waals surface area contributed by atoms with Crippen molar-refractivity contribution in [3.05, 3.63) is 35.5 Å². The van der Waals surface area contributed by atoms with Crippen LogP contribution in [0.25, 0.3) is 0 Å². The van der Waals surface area contributed by atoms with E-state index in [0.717, 1.165) is 6.42 Å². The molecule has 3 nitrogen and oxygen atoms in total. The quantitative estimate of drug-likeness (QED) is 0.724. The highest BCUT2D eigenvalue weighted by molar-refractivity contribution is 6.30. The number of hydrogen-bond acceptors (Lipinski definition) is 3. The van der Waals surface area contributed by atoms with Gasteiger partial charge in [-0.15, -0.1) is 0 Å². The van der Waals surface area contributed by atoms with Crippen LogP contribution in [0.1, 0.15) is 13.3 Å². The third kappa shape index (κ3) is 4.49. The summed E-state index contributed by atoms with van der Waals surface area (Å²) in [6.45, 7) is 5.34. The first-order chi connectivity index (χ1) is 8.17. The van der Waals surface area contributed by atoms with Gasteiger partial charge in [0.2, 0.25) is 0 Å². The summed E-state index contributed by atoms with van der Waals surface area (Å²) >= 11 is 5.87. The Morgan fingerprint density at radius 3 is 2.88 bits per heavy atom. The van der Waals surface area contributed by atoms with Gasteiger partial charge in [0.05, 0.1) is 13.2 Å². The maximum Gasteiger partial charge on any atom is 0.162 e. The summed E-state index contributed by atoms with van der Waals surface area (Å²) in [6, 6.07) is 5.30. The molecule has 1 unspecified atom stereocenters. The van der Waals surface area contributed by atoms with E-state index in [1.807, 2.05) is 13.0 Å². The second-order valence-corrected chi connectivity index (χ2v) is 3.96. The molecule has 0 saturated carbocycles. The minimum Gasteiger partial charge on any atom is -0.493 e. The minimum atomic E-state index is 0.0306. The molecular weight excluding hydrogens is 238 g/mol. The number of benzene rings is 1. The predicted molar refractivity (Wildman–Crippen MR) is 71.4 cm³/mol. The third-order valence-electron chi connectivity index (χ3n) is 2.13. The van der Waals surface area contributed by atoms with Crippen molar-refractivity contribution < 1.29 is 9.47 Å². The molecule has 0 radical (unpaired) electrons. The Kier molecular flexibility index (Phi) is 5.57. The van der Waals surface area contributed by atoms with Gasteiger partial charge in [-0.3, -0.25) is 4.99 Å². The van der Waals surface area contributed by atoms with Gasteiger partial charge in [-0.05, 0) is 25.8 Å². The van der Waals surface area contributed by atoms with Crippen molar-refractivity contribution in [2.45, 2.75) is 19.4 Å². The van der Waals surface area contributed by atoms with Crippen molar-refractivity contribution in [1.82, 2.24) is 0 Å². The van der Waals surface area contributed by atoms with Crippen molar-refractivity contribution in [2.24, 2.45) is 4.99 Å². The van der Waals surface area contributed by atoms with Crippen molar-refractivity contribution in [3.8, 4) is 11.5 Å². The maximum atomic E-state index is 5.87. The number of aliphatic imine (C=N–C) groups is 1. The lowest BCUT2D eigenvalue weighted by Crippen LogP contribution is -2.10. The number of hydrogen-bond donors (Lipinski definition) is 0. The second-order valence-electron chi connectivity index (χ2n) is 3.53. The minimum absolute atomic E-state index is 0.0306. The van der Waals surface area contributed by atoms with Crippen LogP contribution in [-0.2, 0) is 0 Å². The van der Waals surface area contributed by atoms with Crippen LogP contribution >= 0.6 is 11.6 Å². The molecule has 92 valence electrons. The molecule has 0 aliphatic heterocycles. The van der Waals surface area contributed by atoms with Crippen LogP contribution in [0.5, 0.6) is 11.5 Å². The van der Waals surface area contributed by atoms with Gasteiger partial charge < -0.3 is 9.47 Å². The topological polar surface area (TPSA) is 30.8 Å². The molecule has 0 saturated heterocycles. The molecule has 0 N–H and O–H groups in total. The van der Waals surface area contributed by atoms with Crippen LogP contribution in [0.15, 0.2) is 35.5 Å². The summed E-state index contributed by atoms with van der Waals surface area (Å²) in [5.41, 5.74) is 0. The van der Waals surface area contributed by atoms with Gasteiger partial charge in [0.15, 0.2) is 11.5 Å². The molecule has 17 heavy (non-hydrogen) atoms. The standard InChI is InChI=1S/C13H16ClNO2/c1-10(5-4-8-15-2)17-12-7-6-11(14)9-13(12)16-3/h4,6-10H,2,5H2,1,3H3/b8-4-. The van der Waals surface area contributed by atoms with E-state index >= 15 is 0 Å². The normalized spacial score (nSPS) is 12.4. The summed E-state index contributed by atoms with van der Waals surface area (Å²) in [6.07, 6.45) is 4.34. The van der Waals surface area contributed by atoms with Gasteiger partial charge >= 0.3 is 0 Å². The Hall–Kier alpha value is -1.48. The van der Waals surface area contributed by atoms with Gasteiger partial charge in [-0.25, -0.2) is 0 Å². The third-order valence-corrected chi connectivity index (χ3v) is 2.37. The molecule has 0 aliphatic carbocycles. The lowest BCUT2D eigenvalue weighted by atomic mass is 10.2. The van der Waals surface area contributed by atoms with Crippen LogP contribution in [0.4, 0.5) is 0 Å². The molecule has 0 amide bonds. The van der Waals surface area contributed by atoms with Gasteiger partial charge in [-0.2, -0.15) is 0 Å².